The molecule has 1 atom stereocenters. The summed E-state index contributed by atoms with van der Waals surface area (Å²) in [5.41, 5.74) is 0. The van der Waals surface area contributed by atoms with Gasteiger partial charge in [0.2, 0.25) is 5.91 Å². The molecule has 0 aromatic rings. The van der Waals surface area contributed by atoms with Gasteiger partial charge in [0.05, 0.1) is 13.2 Å². The molecular formula is C9H15N3O3. The zero-order chi connectivity index (χ0) is 10.7. The molecule has 0 bridgehead atoms. The molecule has 2 N–H and O–H groups in total. The van der Waals surface area contributed by atoms with E-state index in [2.05, 4.69) is 10.6 Å². The SMILES string of the molecule is O=C1CN(C(=O)[C@H]2CNCCO2)CCN1. The lowest BCUT2D eigenvalue weighted by atomic mass is 10.2. The minimum atomic E-state index is -0.426. The first kappa shape index (κ1) is 10.4. The Kier molecular flexibility index (Phi) is 3.17. The molecule has 6 nitrogen and oxygen atoms in total. The molecule has 0 aliphatic carbocycles. The van der Waals surface area contributed by atoms with Crippen molar-refractivity contribution in [3.05, 3.63) is 0 Å². The van der Waals surface area contributed by atoms with E-state index in [-0.39, 0.29) is 18.4 Å². The zero-order valence-corrected chi connectivity index (χ0v) is 8.49. The molecule has 2 fully saturated rings. The second-order valence-corrected chi connectivity index (χ2v) is 3.67. The molecule has 0 saturated carbocycles. The number of hydrogen-bond donors (Lipinski definition) is 2. The van der Waals surface area contributed by atoms with E-state index in [9.17, 15) is 9.59 Å². The van der Waals surface area contributed by atoms with Gasteiger partial charge in [-0.25, -0.2) is 0 Å². The van der Waals surface area contributed by atoms with Crippen LogP contribution in [0.5, 0.6) is 0 Å². The van der Waals surface area contributed by atoms with Crippen LogP contribution in [0.25, 0.3) is 0 Å². The number of nitrogens with zero attached hydrogens (tertiary/aromatic N) is 1. The first-order valence-electron chi connectivity index (χ1n) is 5.15. The number of ether oxygens (including phenoxy) is 1. The average molecular weight is 213 g/mol. The van der Waals surface area contributed by atoms with Gasteiger partial charge in [0.25, 0.3) is 5.91 Å². The van der Waals surface area contributed by atoms with Crippen LogP contribution in [-0.2, 0) is 14.3 Å². The van der Waals surface area contributed by atoms with Crippen molar-refractivity contribution in [3.63, 3.8) is 0 Å². The van der Waals surface area contributed by atoms with Crippen molar-refractivity contribution in [2.45, 2.75) is 6.10 Å². The molecule has 0 aromatic heterocycles. The summed E-state index contributed by atoms with van der Waals surface area (Å²) in [5, 5.41) is 5.77. The maximum atomic E-state index is 11.9. The minimum Gasteiger partial charge on any atom is -0.366 e. The Hall–Kier alpha value is -1.14. The summed E-state index contributed by atoms with van der Waals surface area (Å²) in [7, 11) is 0. The third kappa shape index (κ3) is 2.45. The Labute approximate surface area is 87.9 Å². The van der Waals surface area contributed by atoms with Crippen molar-refractivity contribution >= 4 is 11.8 Å². The molecule has 0 unspecified atom stereocenters. The van der Waals surface area contributed by atoms with Crippen LogP contribution in [0.2, 0.25) is 0 Å². The fourth-order valence-electron chi connectivity index (χ4n) is 1.75. The number of piperazine rings is 1. The number of carbonyl (C=O) groups is 2. The van der Waals surface area contributed by atoms with Crippen LogP contribution >= 0.6 is 0 Å². The summed E-state index contributed by atoms with van der Waals surface area (Å²) in [4.78, 5) is 24.5. The van der Waals surface area contributed by atoms with E-state index >= 15 is 0 Å². The van der Waals surface area contributed by atoms with Crippen molar-refractivity contribution < 1.29 is 14.3 Å². The summed E-state index contributed by atoms with van der Waals surface area (Å²) in [5.74, 6) is -0.185. The van der Waals surface area contributed by atoms with E-state index in [1.165, 1.54) is 0 Å². The van der Waals surface area contributed by atoms with Gasteiger partial charge in [-0.3, -0.25) is 9.59 Å². The normalized spacial score (nSPS) is 27.3. The number of carbonyl (C=O) groups excluding carboxylic acids is 2. The third-order valence-corrected chi connectivity index (χ3v) is 2.55. The molecule has 2 rings (SSSR count). The minimum absolute atomic E-state index is 0.0861. The highest BCUT2D eigenvalue weighted by Gasteiger charge is 2.29. The Morgan fingerprint density at radius 3 is 3.00 bits per heavy atom. The van der Waals surface area contributed by atoms with Gasteiger partial charge in [0.15, 0.2) is 0 Å². The molecule has 2 saturated heterocycles. The second kappa shape index (κ2) is 4.59. The van der Waals surface area contributed by atoms with Crippen LogP contribution in [0.3, 0.4) is 0 Å². The molecule has 2 amide bonds. The number of rotatable bonds is 1. The van der Waals surface area contributed by atoms with Gasteiger partial charge in [-0.1, -0.05) is 0 Å². The first-order chi connectivity index (χ1) is 7.27. The van der Waals surface area contributed by atoms with Gasteiger partial charge >= 0.3 is 0 Å². The van der Waals surface area contributed by atoms with Gasteiger partial charge in [-0.05, 0) is 0 Å². The largest absolute Gasteiger partial charge is 0.366 e. The summed E-state index contributed by atoms with van der Waals surface area (Å²) in [6, 6.07) is 0. The summed E-state index contributed by atoms with van der Waals surface area (Å²) in [6.45, 7) is 3.13. The van der Waals surface area contributed by atoms with E-state index in [1.807, 2.05) is 0 Å². The van der Waals surface area contributed by atoms with Crippen molar-refractivity contribution in [2.24, 2.45) is 0 Å². The maximum absolute atomic E-state index is 11.9. The van der Waals surface area contributed by atoms with Gasteiger partial charge in [0, 0.05) is 26.2 Å². The van der Waals surface area contributed by atoms with E-state index in [1.54, 1.807) is 4.90 Å². The van der Waals surface area contributed by atoms with Crippen molar-refractivity contribution in [2.75, 3.05) is 39.3 Å². The second-order valence-electron chi connectivity index (χ2n) is 3.67. The molecule has 15 heavy (non-hydrogen) atoms. The lowest BCUT2D eigenvalue weighted by Gasteiger charge is -2.31. The summed E-state index contributed by atoms with van der Waals surface area (Å²) < 4.78 is 5.34. The van der Waals surface area contributed by atoms with E-state index in [0.717, 1.165) is 6.54 Å². The van der Waals surface area contributed by atoms with E-state index in [4.69, 9.17) is 4.74 Å². The van der Waals surface area contributed by atoms with Crippen LogP contribution in [0.15, 0.2) is 0 Å². The molecule has 0 aromatic carbocycles. The van der Waals surface area contributed by atoms with Crippen LogP contribution in [-0.4, -0.2) is 62.1 Å². The first-order valence-corrected chi connectivity index (χ1v) is 5.15. The highest BCUT2D eigenvalue weighted by Crippen LogP contribution is 2.03. The topological polar surface area (TPSA) is 70.7 Å². The fraction of sp³-hybridized carbons (Fsp3) is 0.778. The van der Waals surface area contributed by atoms with E-state index < -0.39 is 6.10 Å². The van der Waals surface area contributed by atoms with E-state index in [0.29, 0.717) is 26.2 Å². The Balaban J connectivity index is 1.90. The van der Waals surface area contributed by atoms with Gasteiger partial charge < -0.3 is 20.3 Å². The van der Waals surface area contributed by atoms with Gasteiger partial charge in [-0.15, -0.1) is 0 Å². The van der Waals surface area contributed by atoms with Crippen LogP contribution in [0.4, 0.5) is 0 Å². The van der Waals surface area contributed by atoms with Crippen LogP contribution < -0.4 is 10.6 Å². The predicted octanol–water partition coefficient (Wildman–Crippen LogP) is -2.07. The maximum Gasteiger partial charge on any atom is 0.253 e. The summed E-state index contributed by atoms with van der Waals surface area (Å²) >= 11 is 0. The number of morpholine rings is 1. The number of amides is 2. The van der Waals surface area contributed by atoms with Crippen molar-refractivity contribution in [1.29, 1.82) is 0 Å². The molecule has 2 aliphatic heterocycles. The number of nitrogens with one attached hydrogen (secondary N) is 2. The van der Waals surface area contributed by atoms with Crippen LogP contribution in [0, 0.1) is 0 Å². The monoisotopic (exact) mass is 213 g/mol. The van der Waals surface area contributed by atoms with Crippen molar-refractivity contribution in [3.8, 4) is 0 Å². The van der Waals surface area contributed by atoms with Gasteiger partial charge in [-0.2, -0.15) is 0 Å². The quantitative estimate of drug-likeness (QED) is 0.525. The fourth-order valence-corrected chi connectivity index (χ4v) is 1.75. The highest BCUT2D eigenvalue weighted by atomic mass is 16.5. The molecule has 0 radical (unpaired) electrons. The Bertz CT molecular complexity index is 263. The molecule has 84 valence electrons. The smallest absolute Gasteiger partial charge is 0.253 e. The lowest BCUT2D eigenvalue weighted by molar-refractivity contribution is -0.149. The van der Waals surface area contributed by atoms with Crippen LogP contribution in [0.1, 0.15) is 0 Å². The zero-order valence-electron chi connectivity index (χ0n) is 8.49. The average Bonchev–Trinajstić information content (AvgIpc) is 2.29. The van der Waals surface area contributed by atoms with Gasteiger partial charge in [0.1, 0.15) is 6.10 Å². The number of hydrogen-bond acceptors (Lipinski definition) is 4. The third-order valence-electron chi connectivity index (χ3n) is 2.55. The lowest BCUT2D eigenvalue weighted by Crippen LogP contribution is -2.56. The Morgan fingerprint density at radius 2 is 2.33 bits per heavy atom. The molecule has 2 aliphatic rings. The molecular weight excluding hydrogens is 198 g/mol. The highest BCUT2D eigenvalue weighted by molar-refractivity contribution is 5.88. The molecule has 2 heterocycles. The summed E-state index contributed by atoms with van der Waals surface area (Å²) in [6.07, 6.45) is -0.426. The Morgan fingerprint density at radius 1 is 1.47 bits per heavy atom. The predicted molar refractivity (Wildman–Crippen MR) is 52.2 cm³/mol. The molecule has 0 spiro atoms. The standard InChI is InChI=1S/C9H15N3O3/c13-8-6-12(3-1-11-8)9(14)7-5-10-2-4-15-7/h7,10H,1-6H2,(H,11,13)/t7-/m1/s1. The molecule has 6 heteroatoms. The van der Waals surface area contributed by atoms with Crippen molar-refractivity contribution in [1.82, 2.24) is 15.5 Å².